The molecule has 8 heteroatoms. The quantitative estimate of drug-likeness (QED) is 0.664. The fourth-order valence-electron chi connectivity index (χ4n) is 2.56. The van der Waals surface area contributed by atoms with Gasteiger partial charge in [0.05, 0.1) is 0 Å². The van der Waals surface area contributed by atoms with Gasteiger partial charge < -0.3 is 10.6 Å². The van der Waals surface area contributed by atoms with Crippen LogP contribution in [0.5, 0.6) is 0 Å². The van der Waals surface area contributed by atoms with Crippen LogP contribution in [-0.2, 0) is 6.42 Å². The molecule has 0 saturated heterocycles. The van der Waals surface area contributed by atoms with Crippen molar-refractivity contribution in [3.05, 3.63) is 95.1 Å². The van der Waals surface area contributed by atoms with Crippen molar-refractivity contribution < 1.29 is 22.8 Å². The first-order chi connectivity index (χ1) is 13.9. The van der Waals surface area contributed by atoms with Gasteiger partial charge in [-0.05, 0) is 48.4 Å². The Morgan fingerprint density at radius 3 is 2.28 bits per heavy atom. The first-order valence-corrected chi connectivity index (χ1v) is 8.68. The predicted molar refractivity (Wildman–Crippen MR) is 101 cm³/mol. The summed E-state index contributed by atoms with van der Waals surface area (Å²) in [5.41, 5.74) is 0.263. The van der Waals surface area contributed by atoms with Crippen molar-refractivity contribution in [1.82, 2.24) is 10.3 Å². The number of anilines is 1. The van der Waals surface area contributed by atoms with E-state index in [1.54, 1.807) is 12.1 Å². The second-order valence-corrected chi connectivity index (χ2v) is 6.11. The van der Waals surface area contributed by atoms with Crippen LogP contribution in [0.2, 0.25) is 0 Å². The average molecular weight is 399 g/mol. The van der Waals surface area contributed by atoms with E-state index in [0.717, 1.165) is 17.7 Å². The van der Waals surface area contributed by atoms with Gasteiger partial charge in [0.2, 0.25) is 0 Å². The Balaban J connectivity index is 1.63. The van der Waals surface area contributed by atoms with E-state index in [2.05, 4.69) is 15.6 Å². The normalized spacial score (nSPS) is 10.4. The van der Waals surface area contributed by atoms with E-state index in [0.29, 0.717) is 13.0 Å². The number of pyridine rings is 1. The zero-order valence-corrected chi connectivity index (χ0v) is 15.1. The average Bonchev–Trinajstić information content (AvgIpc) is 2.72. The van der Waals surface area contributed by atoms with Crippen molar-refractivity contribution in [2.45, 2.75) is 6.42 Å². The highest BCUT2D eigenvalue weighted by molar-refractivity contribution is 6.04. The molecule has 0 saturated carbocycles. The lowest BCUT2D eigenvalue weighted by Gasteiger charge is -2.09. The van der Waals surface area contributed by atoms with Gasteiger partial charge in [-0.3, -0.25) is 14.6 Å². The molecule has 3 rings (SSSR count). The van der Waals surface area contributed by atoms with Crippen LogP contribution in [0.15, 0.2) is 60.8 Å². The number of hydrogen-bond donors (Lipinski definition) is 2. The molecule has 5 nitrogen and oxygen atoms in total. The van der Waals surface area contributed by atoms with E-state index in [4.69, 9.17) is 0 Å². The molecule has 0 bridgehead atoms. The molecule has 0 spiro atoms. The van der Waals surface area contributed by atoms with Crippen molar-refractivity contribution in [2.75, 3.05) is 11.9 Å². The summed E-state index contributed by atoms with van der Waals surface area (Å²) in [4.78, 5) is 28.4. The summed E-state index contributed by atoms with van der Waals surface area (Å²) < 4.78 is 40.2. The number of hydrogen-bond acceptors (Lipinski definition) is 3. The molecular weight excluding hydrogens is 383 g/mol. The Morgan fingerprint density at radius 2 is 1.59 bits per heavy atom. The first kappa shape index (κ1) is 20.1. The molecule has 0 aliphatic heterocycles. The smallest absolute Gasteiger partial charge is 0.274 e. The molecule has 1 aromatic heterocycles. The fraction of sp³-hybridized carbons (Fsp3) is 0.0952. The maximum Gasteiger partial charge on any atom is 0.274 e. The number of halogens is 3. The van der Waals surface area contributed by atoms with E-state index in [9.17, 15) is 22.8 Å². The van der Waals surface area contributed by atoms with E-state index < -0.39 is 29.1 Å². The van der Waals surface area contributed by atoms with Gasteiger partial charge in [0, 0.05) is 18.3 Å². The van der Waals surface area contributed by atoms with Crippen LogP contribution in [0.1, 0.15) is 26.4 Å². The number of aromatic nitrogens is 1. The number of nitrogens with zero attached hydrogens (tertiary/aromatic N) is 1. The van der Waals surface area contributed by atoms with Crippen LogP contribution in [0.4, 0.5) is 18.9 Å². The number of para-hydroxylation sites is 1. The summed E-state index contributed by atoms with van der Waals surface area (Å²) in [5, 5.41) is 4.80. The molecule has 2 aromatic carbocycles. The van der Waals surface area contributed by atoms with Crippen molar-refractivity contribution in [3.63, 3.8) is 0 Å². The lowest BCUT2D eigenvalue weighted by molar-refractivity contribution is 0.0954. The number of benzene rings is 2. The molecule has 0 aliphatic carbocycles. The third kappa shape index (κ3) is 5.19. The molecule has 0 fully saturated rings. The topological polar surface area (TPSA) is 71.1 Å². The molecule has 1 heterocycles. The van der Waals surface area contributed by atoms with E-state index in [-0.39, 0.29) is 17.1 Å². The Labute approximate surface area is 164 Å². The number of amides is 2. The first-order valence-electron chi connectivity index (χ1n) is 8.68. The Hall–Kier alpha value is -3.68. The Bertz CT molecular complexity index is 1020. The summed E-state index contributed by atoms with van der Waals surface area (Å²) in [7, 11) is 0. The third-order valence-corrected chi connectivity index (χ3v) is 4.07. The van der Waals surface area contributed by atoms with Crippen LogP contribution >= 0.6 is 0 Å². The second kappa shape index (κ2) is 9.01. The second-order valence-electron chi connectivity index (χ2n) is 6.11. The molecule has 2 N–H and O–H groups in total. The van der Waals surface area contributed by atoms with Gasteiger partial charge in [-0.15, -0.1) is 0 Å². The van der Waals surface area contributed by atoms with Crippen molar-refractivity contribution in [2.24, 2.45) is 0 Å². The molecule has 2 amide bonds. The highest BCUT2D eigenvalue weighted by Gasteiger charge is 2.16. The summed E-state index contributed by atoms with van der Waals surface area (Å²) in [6.45, 7) is 0.300. The summed E-state index contributed by atoms with van der Waals surface area (Å²) >= 11 is 0. The molecule has 0 atom stereocenters. The molecule has 0 radical (unpaired) electrons. The van der Waals surface area contributed by atoms with Gasteiger partial charge in [0.15, 0.2) is 0 Å². The highest BCUT2D eigenvalue weighted by Crippen LogP contribution is 2.18. The maximum atomic E-state index is 13.7. The zero-order valence-electron chi connectivity index (χ0n) is 15.1. The molecule has 3 aromatic rings. The summed E-state index contributed by atoms with van der Waals surface area (Å²) in [6, 6.07) is 11.8. The van der Waals surface area contributed by atoms with Gasteiger partial charge in [0.1, 0.15) is 28.8 Å². The Morgan fingerprint density at radius 1 is 0.897 bits per heavy atom. The summed E-state index contributed by atoms with van der Waals surface area (Å²) in [6.07, 6.45) is 1.75. The summed E-state index contributed by atoms with van der Waals surface area (Å²) in [5.74, 6) is -3.48. The van der Waals surface area contributed by atoms with Crippen LogP contribution in [0.25, 0.3) is 0 Å². The molecule has 0 unspecified atom stereocenters. The number of carbonyl (C=O) groups excluding carboxylic acids is 2. The highest BCUT2D eigenvalue weighted by atomic mass is 19.1. The van der Waals surface area contributed by atoms with Crippen LogP contribution in [0, 0.1) is 17.5 Å². The zero-order chi connectivity index (χ0) is 20.8. The lowest BCUT2D eigenvalue weighted by Crippen LogP contribution is -2.26. The van der Waals surface area contributed by atoms with Gasteiger partial charge in [-0.1, -0.05) is 18.2 Å². The van der Waals surface area contributed by atoms with Gasteiger partial charge >= 0.3 is 0 Å². The van der Waals surface area contributed by atoms with E-state index in [1.807, 2.05) is 0 Å². The van der Waals surface area contributed by atoms with E-state index >= 15 is 0 Å². The fourth-order valence-corrected chi connectivity index (χ4v) is 2.56. The van der Waals surface area contributed by atoms with Crippen LogP contribution in [0.3, 0.4) is 0 Å². The van der Waals surface area contributed by atoms with Crippen molar-refractivity contribution in [1.29, 1.82) is 0 Å². The minimum Gasteiger partial charge on any atom is -0.352 e. The monoisotopic (exact) mass is 399 g/mol. The van der Waals surface area contributed by atoms with Crippen molar-refractivity contribution >= 4 is 17.5 Å². The Kier molecular flexibility index (Phi) is 6.23. The molecule has 29 heavy (non-hydrogen) atoms. The molecule has 148 valence electrons. The molecule has 0 aliphatic rings. The van der Waals surface area contributed by atoms with E-state index in [1.165, 1.54) is 36.5 Å². The minimum absolute atomic E-state index is 0.165. The standard InChI is InChI=1S/C21H16F3N3O2/c22-15-6-4-13(5-7-15)8-10-26-20(28)14-9-11-25-18(12-14)21(29)27-19-16(23)2-1-3-17(19)24/h1-7,9,11-12H,8,10H2,(H,26,28)(H,27,29). The van der Waals surface area contributed by atoms with Crippen molar-refractivity contribution in [3.8, 4) is 0 Å². The number of nitrogens with one attached hydrogen (secondary N) is 2. The largest absolute Gasteiger partial charge is 0.352 e. The molecular formula is C21H16F3N3O2. The lowest BCUT2D eigenvalue weighted by atomic mass is 10.1. The number of carbonyl (C=O) groups is 2. The SMILES string of the molecule is O=C(NCCc1ccc(F)cc1)c1ccnc(C(=O)Nc2c(F)cccc2F)c1. The third-order valence-electron chi connectivity index (χ3n) is 4.07. The van der Waals surface area contributed by atoms with Gasteiger partial charge in [-0.2, -0.15) is 0 Å². The maximum absolute atomic E-state index is 13.7. The number of rotatable bonds is 6. The van der Waals surface area contributed by atoms with Crippen LogP contribution in [-0.4, -0.2) is 23.3 Å². The van der Waals surface area contributed by atoms with Gasteiger partial charge in [0.25, 0.3) is 11.8 Å². The minimum atomic E-state index is -0.923. The predicted octanol–water partition coefficient (Wildman–Crippen LogP) is 3.72. The van der Waals surface area contributed by atoms with Gasteiger partial charge in [-0.25, -0.2) is 13.2 Å². The van der Waals surface area contributed by atoms with Crippen LogP contribution < -0.4 is 10.6 Å².